The Labute approximate surface area is 106 Å². The zero-order valence-electron chi connectivity index (χ0n) is 9.75. The van der Waals surface area contributed by atoms with Gasteiger partial charge >= 0.3 is 0 Å². The molecule has 0 saturated carbocycles. The fourth-order valence-corrected chi connectivity index (χ4v) is 3.58. The highest BCUT2D eigenvalue weighted by Gasteiger charge is 2.25. The number of fused-ring (bicyclic) bond motifs is 1. The molecule has 2 unspecified atom stereocenters. The molecular formula is C12H18ClNOS. The van der Waals surface area contributed by atoms with Crippen LogP contribution in [0.2, 0.25) is 4.34 Å². The summed E-state index contributed by atoms with van der Waals surface area (Å²) in [6, 6.07) is 3.11. The molecule has 0 saturated heterocycles. The lowest BCUT2D eigenvalue weighted by atomic mass is 10.1. The molecule has 1 aromatic heterocycles. The standard InChI is InChI=1S/C12H18ClNOS/c1-8(5-6-15-2)14-10-3-4-11-9(10)7-12(13)16-11/h7-8,10,14H,3-6H2,1-2H3. The van der Waals surface area contributed by atoms with E-state index >= 15 is 0 Å². The van der Waals surface area contributed by atoms with Crippen molar-refractivity contribution in [3.63, 3.8) is 0 Å². The molecule has 4 heteroatoms. The summed E-state index contributed by atoms with van der Waals surface area (Å²) in [5.74, 6) is 0. The van der Waals surface area contributed by atoms with Crippen LogP contribution in [0.3, 0.4) is 0 Å². The summed E-state index contributed by atoms with van der Waals surface area (Å²) in [7, 11) is 1.75. The molecule has 0 aromatic carbocycles. The van der Waals surface area contributed by atoms with Crippen LogP contribution in [0, 0.1) is 0 Å². The van der Waals surface area contributed by atoms with Gasteiger partial charge in [0, 0.05) is 30.7 Å². The van der Waals surface area contributed by atoms with Crippen molar-refractivity contribution >= 4 is 22.9 Å². The molecule has 1 aromatic rings. The van der Waals surface area contributed by atoms with E-state index < -0.39 is 0 Å². The van der Waals surface area contributed by atoms with Crippen molar-refractivity contribution in [2.45, 2.75) is 38.3 Å². The third-order valence-corrected chi connectivity index (χ3v) is 4.43. The molecule has 1 aliphatic carbocycles. The molecule has 2 nitrogen and oxygen atoms in total. The summed E-state index contributed by atoms with van der Waals surface area (Å²) < 4.78 is 6.01. The Morgan fingerprint density at radius 1 is 1.69 bits per heavy atom. The van der Waals surface area contributed by atoms with Crippen molar-refractivity contribution < 1.29 is 4.74 Å². The van der Waals surface area contributed by atoms with Crippen LogP contribution in [0.5, 0.6) is 0 Å². The van der Waals surface area contributed by atoms with E-state index in [4.69, 9.17) is 16.3 Å². The Bertz CT molecular complexity index is 353. The van der Waals surface area contributed by atoms with Crippen molar-refractivity contribution in [3.8, 4) is 0 Å². The van der Waals surface area contributed by atoms with Crippen molar-refractivity contribution in [2.75, 3.05) is 13.7 Å². The predicted molar refractivity (Wildman–Crippen MR) is 69.5 cm³/mol. The number of hydrogen-bond donors (Lipinski definition) is 1. The van der Waals surface area contributed by atoms with Gasteiger partial charge in [0.15, 0.2) is 0 Å². The van der Waals surface area contributed by atoms with Gasteiger partial charge in [-0.25, -0.2) is 0 Å². The molecule has 0 spiro atoms. The maximum Gasteiger partial charge on any atom is 0.0934 e. The summed E-state index contributed by atoms with van der Waals surface area (Å²) >= 11 is 7.76. The Hall–Kier alpha value is -0.0900. The van der Waals surface area contributed by atoms with Gasteiger partial charge in [0.2, 0.25) is 0 Å². The molecule has 1 heterocycles. The lowest BCUT2D eigenvalue weighted by Crippen LogP contribution is -2.30. The van der Waals surface area contributed by atoms with Crippen molar-refractivity contribution in [1.82, 2.24) is 5.32 Å². The molecule has 1 N–H and O–H groups in total. The molecule has 16 heavy (non-hydrogen) atoms. The molecular weight excluding hydrogens is 242 g/mol. The SMILES string of the molecule is COCCC(C)NC1CCc2sc(Cl)cc21. The largest absolute Gasteiger partial charge is 0.385 e. The van der Waals surface area contributed by atoms with Gasteiger partial charge in [0.05, 0.1) is 4.34 Å². The highest BCUT2D eigenvalue weighted by molar-refractivity contribution is 7.16. The van der Waals surface area contributed by atoms with Crippen LogP contribution < -0.4 is 5.32 Å². The minimum absolute atomic E-state index is 0.491. The number of nitrogens with one attached hydrogen (secondary N) is 1. The molecule has 2 atom stereocenters. The van der Waals surface area contributed by atoms with Crippen LogP contribution in [0.4, 0.5) is 0 Å². The summed E-state index contributed by atoms with van der Waals surface area (Å²) in [4.78, 5) is 1.46. The third-order valence-electron chi connectivity index (χ3n) is 3.09. The summed E-state index contributed by atoms with van der Waals surface area (Å²) in [5, 5.41) is 3.65. The molecule has 2 rings (SSSR count). The third kappa shape index (κ3) is 2.77. The second-order valence-electron chi connectivity index (χ2n) is 4.37. The van der Waals surface area contributed by atoms with Crippen molar-refractivity contribution in [3.05, 3.63) is 20.8 Å². The average Bonchev–Trinajstić information content (AvgIpc) is 2.76. The van der Waals surface area contributed by atoms with Gasteiger partial charge in [-0.15, -0.1) is 11.3 Å². The summed E-state index contributed by atoms with van der Waals surface area (Å²) in [6.45, 7) is 3.03. The quantitative estimate of drug-likeness (QED) is 0.875. The first-order chi connectivity index (χ1) is 7.70. The fraction of sp³-hybridized carbons (Fsp3) is 0.667. The van der Waals surface area contributed by atoms with E-state index in [-0.39, 0.29) is 0 Å². The number of rotatable bonds is 5. The Morgan fingerprint density at radius 2 is 2.50 bits per heavy atom. The van der Waals surface area contributed by atoms with Gasteiger partial charge in [-0.3, -0.25) is 0 Å². The lowest BCUT2D eigenvalue weighted by Gasteiger charge is -2.19. The van der Waals surface area contributed by atoms with Crippen molar-refractivity contribution in [2.24, 2.45) is 0 Å². The molecule has 1 aliphatic rings. The molecule has 90 valence electrons. The average molecular weight is 260 g/mol. The van der Waals surface area contributed by atoms with E-state index in [0.29, 0.717) is 12.1 Å². The van der Waals surface area contributed by atoms with Crippen LogP contribution in [-0.2, 0) is 11.2 Å². The predicted octanol–water partition coefficient (Wildman–Crippen LogP) is 3.40. The number of methoxy groups -OCH3 is 1. The van der Waals surface area contributed by atoms with Gasteiger partial charge in [0.1, 0.15) is 0 Å². The van der Waals surface area contributed by atoms with Gasteiger partial charge < -0.3 is 10.1 Å². The minimum Gasteiger partial charge on any atom is -0.385 e. The van der Waals surface area contributed by atoms with E-state index in [9.17, 15) is 0 Å². The number of hydrogen-bond acceptors (Lipinski definition) is 3. The van der Waals surface area contributed by atoms with Crippen LogP contribution in [-0.4, -0.2) is 19.8 Å². The lowest BCUT2D eigenvalue weighted by molar-refractivity contribution is 0.182. The first-order valence-electron chi connectivity index (χ1n) is 5.73. The van der Waals surface area contributed by atoms with Crippen LogP contribution in [0.1, 0.15) is 36.2 Å². The van der Waals surface area contributed by atoms with Crippen LogP contribution in [0.15, 0.2) is 6.07 Å². The minimum atomic E-state index is 0.491. The van der Waals surface area contributed by atoms with E-state index in [1.54, 1.807) is 18.4 Å². The topological polar surface area (TPSA) is 21.3 Å². The van der Waals surface area contributed by atoms with Crippen LogP contribution in [0.25, 0.3) is 0 Å². The maximum atomic E-state index is 6.03. The molecule has 0 aliphatic heterocycles. The zero-order chi connectivity index (χ0) is 11.5. The zero-order valence-corrected chi connectivity index (χ0v) is 11.3. The Morgan fingerprint density at radius 3 is 3.25 bits per heavy atom. The van der Waals surface area contributed by atoms with Gasteiger partial charge in [-0.1, -0.05) is 11.6 Å². The molecule has 0 fully saturated rings. The monoisotopic (exact) mass is 259 g/mol. The number of aryl methyl sites for hydroxylation is 1. The smallest absolute Gasteiger partial charge is 0.0934 e. The van der Waals surface area contributed by atoms with E-state index in [1.807, 2.05) is 0 Å². The van der Waals surface area contributed by atoms with Gasteiger partial charge in [-0.05, 0) is 37.8 Å². The van der Waals surface area contributed by atoms with Crippen LogP contribution >= 0.6 is 22.9 Å². The number of ether oxygens (including phenoxy) is 1. The van der Waals surface area contributed by atoms with E-state index in [1.165, 1.54) is 23.3 Å². The van der Waals surface area contributed by atoms with Crippen molar-refractivity contribution in [1.29, 1.82) is 0 Å². The summed E-state index contributed by atoms with van der Waals surface area (Å²) in [5.41, 5.74) is 1.42. The van der Waals surface area contributed by atoms with Gasteiger partial charge in [0.25, 0.3) is 0 Å². The Kier molecular flexibility index (Phi) is 4.25. The molecule has 0 amide bonds. The van der Waals surface area contributed by atoms with E-state index in [2.05, 4.69) is 18.3 Å². The first-order valence-corrected chi connectivity index (χ1v) is 6.93. The maximum absolute atomic E-state index is 6.03. The highest BCUT2D eigenvalue weighted by Crippen LogP contribution is 2.39. The fourth-order valence-electron chi connectivity index (χ4n) is 2.22. The number of halogens is 1. The molecule has 0 radical (unpaired) electrons. The van der Waals surface area contributed by atoms with Gasteiger partial charge in [-0.2, -0.15) is 0 Å². The van der Waals surface area contributed by atoms with E-state index in [0.717, 1.165) is 17.4 Å². The molecule has 0 bridgehead atoms. The Balaban J connectivity index is 1.92. The summed E-state index contributed by atoms with van der Waals surface area (Å²) in [6.07, 6.45) is 3.43. The number of thiophene rings is 1. The second-order valence-corrected chi connectivity index (χ2v) is 6.14. The normalized spacial score (nSPS) is 21.1. The first kappa shape index (κ1) is 12.4. The highest BCUT2D eigenvalue weighted by atomic mass is 35.5. The second kappa shape index (κ2) is 5.50.